The van der Waals surface area contributed by atoms with E-state index in [-0.39, 0.29) is 37.6 Å². The highest BCUT2D eigenvalue weighted by Crippen LogP contribution is 2.28. The summed E-state index contributed by atoms with van der Waals surface area (Å²) in [5.74, 6) is -2.20. The Morgan fingerprint density at radius 3 is 0.846 bits per heavy atom. The maximum absolute atomic E-state index is 10.4. The monoisotopic (exact) mass is 614 g/mol. The van der Waals surface area contributed by atoms with Crippen molar-refractivity contribution in [3.63, 3.8) is 0 Å². The first kappa shape index (κ1) is 38.3. The molecular formula is C27H50O9S3. The summed E-state index contributed by atoms with van der Waals surface area (Å²) in [7, 11) is 0. The Hall–Kier alpha value is -0.660. The summed E-state index contributed by atoms with van der Waals surface area (Å²) < 4.78 is 0. The van der Waals surface area contributed by atoms with E-state index in [1.54, 1.807) is 0 Å². The highest BCUT2D eigenvalue weighted by atomic mass is 32.1. The fraction of sp³-hybridized carbons (Fsp3) is 0.889. The van der Waals surface area contributed by atoms with Gasteiger partial charge in [0, 0.05) is 21.2 Å². The molecule has 39 heavy (non-hydrogen) atoms. The second-order valence-corrected chi connectivity index (χ2v) is 13.0. The molecule has 3 fully saturated rings. The van der Waals surface area contributed by atoms with Gasteiger partial charge in [0.15, 0.2) is 0 Å². The number of aliphatic carboxylic acids is 3. The standard InChI is InChI=1S/3C7H12O2S.C6H14O3/c3*8-7(9)5-1-3-6(10)4-2-5;1-2-6(3-7,4-8)5-9/h3*5-6,10H,1-4H2,(H,8,9);7-9H,2-5H2,1H3. The van der Waals surface area contributed by atoms with Gasteiger partial charge in [0.25, 0.3) is 0 Å². The average Bonchev–Trinajstić information content (AvgIpc) is 2.92. The minimum absolute atomic E-state index is 0.0941. The quantitative estimate of drug-likeness (QED) is 0.192. The van der Waals surface area contributed by atoms with E-state index in [1.807, 2.05) is 6.92 Å². The number of rotatable bonds is 7. The zero-order valence-electron chi connectivity index (χ0n) is 23.0. The van der Waals surface area contributed by atoms with Gasteiger partial charge in [0.1, 0.15) is 0 Å². The predicted molar refractivity (Wildman–Crippen MR) is 161 cm³/mol. The molecule has 12 heteroatoms. The summed E-state index contributed by atoms with van der Waals surface area (Å²) in [5, 5.41) is 53.1. The molecule has 3 aliphatic rings. The summed E-state index contributed by atoms with van der Waals surface area (Å²) >= 11 is 12.8. The van der Waals surface area contributed by atoms with Gasteiger partial charge in [0.05, 0.1) is 37.6 Å². The predicted octanol–water partition coefficient (Wildman–Crippen LogP) is 4.04. The van der Waals surface area contributed by atoms with Crippen molar-refractivity contribution in [1.29, 1.82) is 0 Å². The zero-order chi connectivity index (χ0) is 30.0. The zero-order valence-corrected chi connectivity index (χ0v) is 25.7. The minimum atomic E-state index is -0.667. The SMILES string of the molecule is CCC(CO)(CO)CO.O=C(O)C1CCC(S)CC1.O=C(O)C1CCC(S)CC1.O=C(O)C1CCC(S)CC1. The van der Waals surface area contributed by atoms with Crippen LogP contribution < -0.4 is 0 Å². The lowest BCUT2D eigenvalue weighted by Crippen LogP contribution is -2.32. The summed E-state index contributed by atoms with van der Waals surface area (Å²) in [5.41, 5.74) is -0.667. The molecule has 0 radical (unpaired) electrons. The van der Waals surface area contributed by atoms with Crippen LogP contribution in [0.15, 0.2) is 0 Å². The van der Waals surface area contributed by atoms with Crippen molar-refractivity contribution in [1.82, 2.24) is 0 Å². The molecule has 9 nitrogen and oxygen atoms in total. The number of hydrogen-bond donors (Lipinski definition) is 9. The number of aliphatic hydroxyl groups excluding tert-OH is 3. The fourth-order valence-electron chi connectivity index (χ4n) is 4.45. The van der Waals surface area contributed by atoms with Crippen LogP contribution in [-0.2, 0) is 14.4 Å². The summed E-state index contributed by atoms with van der Waals surface area (Å²) in [6.45, 7) is 1.35. The van der Waals surface area contributed by atoms with Crippen LogP contribution in [0.5, 0.6) is 0 Å². The summed E-state index contributed by atoms with van der Waals surface area (Å²) in [6.07, 6.45) is 11.2. The van der Waals surface area contributed by atoms with Gasteiger partial charge in [-0.05, 0) is 83.5 Å². The molecular weight excluding hydrogens is 564 g/mol. The number of carbonyl (C=O) groups is 3. The van der Waals surface area contributed by atoms with E-state index >= 15 is 0 Å². The van der Waals surface area contributed by atoms with E-state index in [9.17, 15) is 14.4 Å². The smallest absolute Gasteiger partial charge is 0.306 e. The van der Waals surface area contributed by atoms with Crippen molar-refractivity contribution in [2.75, 3.05) is 19.8 Å². The normalized spacial score (nSPS) is 28.7. The molecule has 0 amide bonds. The van der Waals surface area contributed by atoms with Crippen molar-refractivity contribution < 1.29 is 45.0 Å². The summed E-state index contributed by atoms with van der Waals surface area (Å²) in [6, 6.07) is 0. The van der Waals surface area contributed by atoms with Gasteiger partial charge >= 0.3 is 17.9 Å². The fourth-order valence-corrected chi connectivity index (χ4v) is 5.35. The Bertz CT molecular complexity index is 588. The van der Waals surface area contributed by atoms with Gasteiger partial charge in [-0.3, -0.25) is 14.4 Å². The third-order valence-corrected chi connectivity index (χ3v) is 9.44. The highest BCUT2D eigenvalue weighted by Gasteiger charge is 2.26. The Balaban J connectivity index is 0.000000494. The van der Waals surface area contributed by atoms with E-state index in [0.29, 0.717) is 22.2 Å². The van der Waals surface area contributed by atoms with Gasteiger partial charge in [-0.1, -0.05) is 6.92 Å². The Labute approximate surface area is 249 Å². The number of carboxylic acids is 3. The van der Waals surface area contributed by atoms with Crippen LogP contribution >= 0.6 is 37.9 Å². The lowest BCUT2D eigenvalue weighted by molar-refractivity contribution is -0.143. The Kier molecular flexibility index (Phi) is 20.7. The van der Waals surface area contributed by atoms with Crippen molar-refractivity contribution in [3.8, 4) is 0 Å². The maximum Gasteiger partial charge on any atom is 0.306 e. The molecule has 0 aliphatic heterocycles. The van der Waals surface area contributed by atoms with Crippen LogP contribution in [0, 0.1) is 23.2 Å². The van der Waals surface area contributed by atoms with Gasteiger partial charge in [-0.2, -0.15) is 37.9 Å². The van der Waals surface area contributed by atoms with Crippen LogP contribution in [0.3, 0.4) is 0 Å². The number of carboxylic acid groups (broad SMARTS) is 3. The van der Waals surface area contributed by atoms with Crippen molar-refractivity contribution >= 4 is 55.8 Å². The topological polar surface area (TPSA) is 173 Å². The van der Waals surface area contributed by atoms with Crippen molar-refractivity contribution in [2.45, 2.75) is 106 Å². The molecule has 0 heterocycles. The molecule has 0 atom stereocenters. The third kappa shape index (κ3) is 16.4. The molecule has 0 bridgehead atoms. The lowest BCUT2D eigenvalue weighted by Gasteiger charge is -2.24. The van der Waals surface area contributed by atoms with Crippen molar-refractivity contribution in [3.05, 3.63) is 0 Å². The molecule has 0 aromatic heterocycles. The third-order valence-electron chi connectivity index (χ3n) is 7.89. The molecule has 6 N–H and O–H groups in total. The number of aliphatic hydroxyl groups is 3. The van der Waals surface area contributed by atoms with Crippen molar-refractivity contribution in [2.24, 2.45) is 23.2 Å². The Morgan fingerprint density at radius 1 is 0.538 bits per heavy atom. The van der Waals surface area contributed by atoms with E-state index in [0.717, 1.165) is 77.0 Å². The highest BCUT2D eigenvalue weighted by molar-refractivity contribution is 7.81. The van der Waals surface area contributed by atoms with Crippen LogP contribution in [0.1, 0.15) is 90.4 Å². The van der Waals surface area contributed by atoms with Gasteiger partial charge in [0.2, 0.25) is 0 Å². The van der Waals surface area contributed by atoms with E-state index in [1.165, 1.54) is 0 Å². The second-order valence-electron chi connectivity index (χ2n) is 10.9. The molecule has 0 aromatic rings. The molecule has 0 saturated heterocycles. The molecule has 0 unspecified atom stereocenters. The number of hydrogen-bond acceptors (Lipinski definition) is 9. The van der Waals surface area contributed by atoms with Crippen LogP contribution in [0.4, 0.5) is 0 Å². The first-order valence-electron chi connectivity index (χ1n) is 13.9. The molecule has 3 saturated carbocycles. The lowest BCUT2D eigenvalue weighted by atomic mass is 9.88. The molecule has 0 aromatic carbocycles. The summed E-state index contributed by atoms with van der Waals surface area (Å²) in [4.78, 5) is 31.3. The van der Waals surface area contributed by atoms with Crippen LogP contribution in [0.2, 0.25) is 0 Å². The van der Waals surface area contributed by atoms with E-state index < -0.39 is 23.3 Å². The Morgan fingerprint density at radius 2 is 0.744 bits per heavy atom. The van der Waals surface area contributed by atoms with Gasteiger partial charge < -0.3 is 30.6 Å². The first-order valence-corrected chi connectivity index (χ1v) is 15.4. The maximum atomic E-state index is 10.4. The van der Waals surface area contributed by atoms with Gasteiger partial charge in [-0.15, -0.1) is 0 Å². The van der Waals surface area contributed by atoms with Crippen LogP contribution in [0.25, 0.3) is 0 Å². The van der Waals surface area contributed by atoms with Crippen LogP contribution in [-0.4, -0.2) is 84.1 Å². The first-order chi connectivity index (χ1) is 18.3. The minimum Gasteiger partial charge on any atom is -0.481 e. The molecule has 0 spiro atoms. The van der Waals surface area contributed by atoms with E-state index in [2.05, 4.69) is 37.9 Å². The van der Waals surface area contributed by atoms with Gasteiger partial charge in [-0.25, -0.2) is 0 Å². The molecule has 3 aliphatic carbocycles. The molecule has 230 valence electrons. The van der Waals surface area contributed by atoms with E-state index in [4.69, 9.17) is 30.6 Å². The average molecular weight is 615 g/mol. The second kappa shape index (κ2) is 21.1. The molecule has 3 rings (SSSR count). The largest absolute Gasteiger partial charge is 0.481 e. The number of thiol groups is 3.